The van der Waals surface area contributed by atoms with Gasteiger partial charge in [0.2, 0.25) is 5.91 Å². The Labute approximate surface area is 115 Å². The van der Waals surface area contributed by atoms with Crippen molar-refractivity contribution in [2.45, 2.75) is 51.9 Å². The van der Waals surface area contributed by atoms with Crippen LogP contribution in [0.3, 0.4) is 0 Å². The van der Waals surface area contributed by atoms with Crippen LogP contribution in [0.4, 0.5) is 0 Å². The smallest absolute Gasteiger partial charge is 0.306 e. The summed E-state index contributed by atoms with van der Waals surface area (Å²) in [5.41, 5.74) is 0. The molecule has 19 heavy (non-hydrogen) atoms. The molecule has 0 aromatic heterocycles. The number of carbonyl (C=O) groups excluding carboxylic acids is 1. The van der Waals surface area contributed by atoms with E-state index in [9.17, 15) is 9.59 Å². The van der Waals surface area contributed by atoms with Crippen molar-refractivity contribution in [3.63, 3.8) is 0 Å². The number of aliphatic carboxylic acids is 1. The van der Waals surface area contributed by atoms with Crippen LogP contribution < -0.4 is 5.32 Å². The van der Waals surface area contributed by atoms with Crippen molar-refractivity contribution in [1.29, 1.82) is 0 Å². The lowest BCUT2D eigenvalue weighted by Gasteiger charge is -2.26. The van der Waals surface area contributed by atoms with Gasteiger partial charge in [-0.1, -0.05) is 26.2 Å². The summed E-state index contributed by atoms with van der Waals surface area (Å²) in [5.74, 6) is 0.231. The van der Waals surface area contributed by atoms with Crippen LogP contribution in [0.25, 0.3) is 0 Å². The van der Waals surface area contributed by atoms with Crippen molar-refractivity contribution in [3.8, 4) is 0 Å². The van der Waals surface area contributed by atoms with Crippen molar-refractivity contribution in [3.05, 3.63) is 0 Å². The maximum absolute atomic E-state index is 12.1. The Bertz CT molecular complexity index is 342. The zero-order valence-electron chi connectivity index (χ0n) is 11.7. The fourth-order valence-electron chi connectivity index (χ4n) is 3.55. The predicted molar refractivity (Wildman–Crippen MR) is 72.6 cm³/mol. The van der Waals surface area contributed by atoms with Crippen LogP contribution in [-0.4, -0.2) is 23.5 Å². The van der Waals surface area contributed by atoms with E-state index in [1.54, 1.807) is 0 Å². The van der Waals surface area contributed by atoms with Gasteiger partial charge in [0, 0.05) is 12.5 Å². The molecular formula is C15H25NO3. The van der Waals surface area contributed by atoms with Gasteiger partial charge in [0.15, 0.2) is 0 Å². The van der Waals surface area contributed by atoms with E-state index in [0.717, 1.165) is 25.8 Å². The summed E-state index contributed by atoms with van der Waals surface area (Å²) in [6, 6.07) is 0. The number of rotatable bonds is 4. The molecule has 2 saturated carbocycles. The highest BCUT2D eigenvalue weighted by atomic mass is 16.4. The molecule has 0 heterocycles. The molecule has 4 unspecified atom stereocenters. The van der Waals surface area contributed by atoms with Gasteiger partial charge in [0.25, 0.3) is 0 Å². The van der Waals surface area contributed by atoms with Crippen LogP contribution in [0, 0.1) is 23.7 Å². The summed E-state index contributed by atoms with van der Waals surface area (Å²) >= 11 is 0. The molecule has 2 fully saturated rings. The van der Waals surface area contributed by atoms with E-state index in [0.29, 0.717) is 18.3 Å². The molecule has 0 bridgehead atoms. The van der Waals surface area contributed by atoms with Crippen LogP contribution >= 0.6 is 0 Å². The molecule has 0 spiro atoms. The van der Waals surface area contributed by atoms with Crippen LogP contribution in [0.15, 0.2) is 0 Å². The average molecular weight is 267 g/mol. The normalized spacial score (nSPS) is 35.0. The van der Waals surface area contributed by atoms with Crippen LogP contribution in [0.1, 0.15) is 51.9 Å². The van der Waals surface area contributed by atoms with E-state index in [4.69, 9.17) is 5.11 Å². The highest BCUT2D eigenvalue weighted by Gasteiger charge is 2.31. The van der Waals surface area contributed by atoms with E-state index in [1.165, 1.54) is 19.3 Å². The molecule has 0 radical (unpaired) electrons. The van der Waals surface area contributed by atoms with Crippen LogP contribution in [0.5, 0.6) is 0 Å². The first kappa shape index (κ1) is 14.4. The van der Waals surface area contributed by atoms with E-state index >= 15 is 0 Å². The van der Waals surface area contributed by atoms with Gasteiger partial charge in [0.05, 0.1) is 5.92 Å². The molecule has 2 aliphatic carbocycles. The van der Waals surface area contributed by atoms with Gasteiger partial charge in [-0.05, 0) is 37.5 Å². The van der Waals surface area contributed by atoms with E-state index in [2.05, 4.69) is 12.2 Å². The minimum absolute atomic E-state index is 0.0741. The lowest BCUT2D eigenvalue weighted by Crippen LogP contribution is -2.38. The number of carboxylic acid groups (broad SMARTS) is 1. The number of carboxylic acids is 1. The zero-order valence-corrected chi connectivity index (χ0v) is 11.7. The van der Waals surface area contributed by atoms with E-state index < -0.39 is 5.97 Å². The molecule has 0 aliphatic heterocycles. The van der Waals surface area contributed by atoms with Gasteiger partial charge in [-0.2, -0.15) is 0 Å². The summed E-state index contributed by atoms with van der Waals surface area (Å²) in [4.78, 5) is 23.1. The van der Waals surface area contributed by atoms with Crippen molar-refractivity contribution < 1.29 is 14.7 Å². The molecule has 0 saturated heterocycles. The third kappa shape index (κ3) is 3.71. The first-order chi connectivity index (χ1) is 9.08. The number of hydrogen-bond donors (Lipinski definition) is 2. The van der Waals surface area contributed by atoms with E-state index in [-0.39, 0.29) is 17.7 Å². The second-order valence-corrected chi connectivity index (χ2v) is 6.31. The largest absolute Gasteiger partial charge is 0.481 e. The first-order valence-electron chi connectivity index (χ1n) is 7.58. The third-order valence-corrected chi connectivity index (χ3v) is 4.97. The minimum atomic E-state index is -0.748. The van der Waals surface area contributed by atoms with Gasteiger partial charge in [0.1, 0.15) is 0 Å². The number of amides is 1. The molecular weight excluding hydrogens is 242 g/mol. The maximum atomic E-state index is 12.1. The Morgan fingerprint density at radius 2 is 1.79 bits per heavy atom. The molecule has 2 N–H and O–H groups in total. The Morgan fingerprint density at radius 3 is 2.42 bits per heavy atom. The molecule has 2 aliphatic rings. The van der Waals surface area contributed by atoms with Gasteiger partial charge in [-0.25, -0.2) is 0 Å². The van der Waals surface area contributed by atoms with E-state index in [1.807, 2.05) is 0 Å². The summed E-state index contributed by atoms with van der Waals surface area (Å²) in [5, 5.41) is 12.1. The second kappa shape index (κ2) is 6.40. The highest BCUT2D eigenvalue weighted by molar-refractivity contribution is 5.80. The zero-order chi connectivity index (χ0) is 13.8. The molecule has 108 valence electrons. The van der Waals surface area contributed by atoms with Gasteiger partial charge >= 0.3 is 5.97 Å². The summed E-state index contributed by atoms with van der Waals surface area (Å²) in [7, 11) is 0. The predicted octanol–water partition coefficient (Wildman–Crippen LogP) is 2.43. The molecule has 4 atom stereocenters. The fraction of sp³-hybridized carbons (Fsp3) is 0.867. The SMILES string of the molecule is CC1CCCC1CNC(=O)C1CCCC(C(=O)O)C1. The number of carbonyl (C=O) groups is 2. The van der Waals surface area contributed by atoms with Crippen molar-refractivity contribution >= 4 is 11.9 Å². The molecule has 0 aromatic carbocycles. The maximum Gasteiger partial charge on any atom is 0.306 e. The molecule has 0 aromatic rings. The Balaban J connectivity index is 1.77. The lowest BCUT2D eigenvalue weighted by atomic mass is 9.81. The number of hydrogen-bond acceptors (Lipinski definition) is 2. The monoisotopic (exact) mass is 267 g/mol. The Kier molecular flexibility index (Phi) is 4.83. The summed E-state index contributed by atoms with van der Waals surface area (Å²) < 4.78 is 0. The van der Waals surface area contributed by atoms with Crippen molar-refractivity contribution in [2.24, 2.45) is 23.7 Å². The summed E-state index contributed by atoms with van der Waals surface area (Å²) in [6.45, 7) is 3.03. The second-order valence-electron chi connectivity index (χ2n) is 6.31. The summed E-state index contributed by atoms with van der Waals surface area (Å²) in [6.07, 6.45) is 6.69. The fourth-order valence-corrected chi connectivity index (χ4v) is 3.55. The Morgan fingerprint density at radius 1 is 1.11 bits per heavy atom. The van der Waals surface area contributed by atoms with Crippen LogP contribution in [-0.2, 0) is 9.59 Å². The Hall–Kier alpha value is -1.06. The van der Waals surface area contributed by atoms with Crippen LogP contribution in [0.2, 0.25) is 0 Å². The van der Waals surface area contributed by atoms with Crippen molar-refractivity contribution in [2.75, 3.05) is 6.54 Å². The number of nitrogens with one attached hydrogen (secondary N) is 1. The quantitative estimate of drug-likeness (QED) is 0.822. The molecule has 1 amide bonds. The standard InChI is InChI=1S/C15H25NO3/c1-10-4-2-7-13(10)9-16-14(17)11-5-3-6-12(8-11)15(18)19/h10-13H,2-9H2,1H3,(H,16,17)(H,18,19). The highest BCUT2D eigenvalue weighted by Crippen LogP contribution is 2.32. The molecule has 4 nitrogen and oxygen atoms in total. The third-order valence-electron chi connectivity index (χ3n) is 4.97. The van der Waals surface area contributed by atoms with Gasteiger partial charge in [-0.3, -0.25) is 9.59 Å². The topological polar surface area (TPSA) is 66.4 Å². The molecule has 2 rings (SSSR count). The molecule has 4 heteroatoms. The van der Waals surface area contributed by atoms with Crippen molar-refractivity contribution in [1.82, 2.24) is 5.32 Å². The first-order valence-corrected chi connectivity index (χ1v) is 7.58. The van der Waals surface area contributed by atoms with Gasteiger partial charge < -0.3 is 10.4 Å². The average Bonchev–Trinajstić information content (AvgIpc) is 2.81. The lowest BCUT2D eigenvalue weighted by molar-refractivity contribution is -0.144. The van der Waals surface area contributed by atoms with Gasteiger partial charge in [-0.15, -0.1) is 0 Å². The minimum Gasteiger partial charge on any atom is -0.481 e.